The highest BCUT2D eigenvalue weighted by Crippen LogP contribution is 2.33. The third kappa shape index (κ3) is 3.96. The normalized spacial score (nSPS) is 35.0. The molecule has 0 aromatic heterocycles. The quantitative estimate of drug-likeness (QED) is 0.802. The van der Waals surface area contributed by atoms with Gasteiger partial charge in [-0.3, -0.25) is 9.69 Å². The number of methoxy groups -OCH3 is 1. The number of nitrogens with two attached hydrogens (primary N) is 1. The van der Waals surface area contributed by atoms with E-state index in [0.29, 0.717) is 12.1 Å². The highest BCUT2D eigenvalue weighted by atomic mass is 16.5. The van der Waals surface area contributed by atoms with Crippen LogP contribution in [0.25, 0.3) is 0 Å². The molecule has 1 saturated heterocycles. The van der Waals surface area contributed by atoms with E-state index in [9.17, 15) is 4.79 Å². The Kier molecular flexibility index (Phi) is 5.63. The monoisotopic (exact) mass is 297 g/mol. The summed E-state index contributed by atoms with van der Waals surface area (Å²) in [5.74, 6) is -0.193. The highest BCUT2D eigenvalue weighted by molar-refractivity contribution is 5.85. The Morgan fingerprint density at radius 2 is 2.14 bits per heavy atom. The fraction of sp³-hybridized carbons (Fsp3) is 0.938. The molecule has 1 heterocycles. The van der Waals surface area contributed by atoms with Crippen molar-refractivity contribution in [3.8, 4) is 0 Å². The van der Waals surface area contributed by atoms with Crippen LogP contribution >= 0.6 is 0 Å². The van der Waals surface area contributed by atoms with E-state index in [1.165, 1.54) is 6.42 Å². The van der Waals surface area contributed by atoms with E-state index in [4.69, 9.17) is 10.5 Å². The number of ether oxygens (including phenoxy) is 1. The molecule has 2 aliphatic rings. The zero-order chi connectivity index (χ0) is 15.5. The van der Waals surface area contributed by atoms with E-state index >= 15 is 0 Å². The predicted molar refractivity (Wildman–Crippen MR) is 84.1 cm³/mol. The summed E-state index contributed by atoms with van der Waals surface area (Å²) in [6, 6.07) is 0.708. The van der Waals surface area contributed by atoms with Crippen molar-refractivity contribution in [3.63, 3.8) is 0 Å². The van der Waals surface area contributed by atoms with Crippen LogP contribution in [-0.4, -0.2) is 54.7 Å². The summed E-state index contributed by atoms with van der Waals surface area (Å²) in [6.45, 7) is 6.25. The van der Waals surface area contributed by atoms with Crippen molar-refractivity contribution in [2.45, 2.75) is 76.1 Å². The molecule has 1 saturated carbocycles. The molecule has 2 fully saturated rings. The number of rotatable bonds is 5. The van der Waals surface area contributed by atoms with E-state index in [-0.39, 0.29) is 11.9 Å². The lowest BCUT2D eigenvalue weighted by Gasteiger charge is -2.46. The summed E-state index contributed by atoms with van der Waals surface area (Å²) in [4.78, 5) is 14.6. The molecule has 1 amide bonds. The van der Waals surface area contributed by atoms with Crippen molar-refractivity contribution < 1.29 is 9.53 Å². The first-order valence-electron chi connectivity index (χ1n) is 8.31. The van der Waals surface area contributed by atoms with E-state index in [2.05, 4.69) is 24.1 Å². The summed E-state index contributed by atoms with van der Waals surface area (Å²) in [6.07, 6.45) is 6.56. The van der Waals surface area contributed by atoms with Gasteiger partial charge < -0.3 is 15.8 Å². The Morgan fingerprint density at radius 3 is 2.76 bits per heavy atom. The molecule has 2 rings (SSSR count). The summed E-state index contributed by atoms with van der Waals surface area (Å²) >= 11 is 0. The second kappa shape index (κ2) is 7.07. The third-order valence-electron chi connectivity index (χ3n) is 5.02. The summed E-state index contributed by atoms with van der Waals surface area (Å²) in [5, 5.41) is 3.46. The maximum absolute atomic E-state index is 12.1. The van der Waals surface area contributed by atoms with Gasteiger partial charge in [0.2, 0.25) is 5.91 Å². The Morgan fingerprint density at radius 1 is 1.38 bits per heavy atom. The topological polar surface area (TPSA) is 67.6 Å². The number of carbonyl (C=O) groups is 1. The van der Waals surface area contributed by atoms with Gasteiger partial charge in [-0.1, -0.05) is 0 Å². The zero-order valence-electron chi connectivity index (χ0n) is 13.7. The van der Waals surface area contributed by atoms with Gasteiger partial charge in [0.25, 0.3) is 0 Å². The fourth-order valence-corrected chi connectivity index (χ4v) is 4.03. The fourth-order valence-electron chi connectivity index (χ4n) is 4.03. The van der Waals surface area contributed by atoms with E-state index in [0.717, 1.165) is 45.2 Å². The van der Waals surface area contributed by atoms with Gasteiger partial charge >= 0.3 is 0 Å². The molecule has 5 nitrogen and oxygen atoms in total. The maximum Gasteiger partial charge on any atom is 0.237 e. The second-order valence-corrected chi connectivity index (χ2v) is 6.99. The smallest absolute Gasteiger partial charge is 0.237 e. The van der Waals surface area contributed by atoms with Crippen molar-refractivity contribution in [2.75, 3.05) is 20.2 Å². The lowest BCUT2D eigenvalue weighted by molar-refractivity contribution is -0.127. The largest absolute Gasteiger partial charge is 0.380 e. The van der Waals surface area contributed by atoms with Crippen LogP contribution in [0.3, 0.4) is 0 Å². The number of nitrogens with zero attached hydrogens (tertiary/aromatic N) is 1. The molecule has 0 spiro atoms. The molecule has 3 N–H and O–H groups in total. The van der Waals surface area contributed by atoms with Crippen molar-refractivity contribution in [2.24, 2.45) is 5.73 Å². The summed E-state index contributed by atoms with van der Waals surface area (Å²) in [7, 11) is 1.79. The molecular weight excluding hydrogens is 266 g/mol. The molecule has 122 valence electrons. The molecule has 0 radical (unpaired) electrons. The first kappa shape index (κ1) is 16.7. The van der Waals surface area contributed by atoms with Crippen LogP contribution in [0.4, 0.5) is 0 Å². The van der Waals surface area contributed by atoms with Crippen LogP contribution in [0.5, 0.6) is 0 Å². The SMILES string of the molecule is COC1CCCN(C2CCCC(NC(C)C)(C(N)=O)C2)C1. The van der Waals surface area contributed by atoms with Crippen molar-refractivity contribution in [3.05, 3.63) is 0 Å². The third-order valence-corrected chi connectivity index (χ3v) is 5.02. The Hall–Kier alpha value is -0.650. The minimum absolute atomic E-state index is 0.193. The molecule has 0 aromatic rings. The number of hydrogen-bond acceptors (Lipinski definition) is 4. The van der Waals surface area contributed by atoms with Crippen molar-refractivity contribution in [1.82, 2.24) is 10.2 Å². The van der Waals surface area contributed by atoms with Crippen LogP contribution in [0.2, 0.25) is 0 Å². The first-order chi connectivity index (χ1) is 9.97. The first-order valence-corrected chi connectivity index (χ1v) is 8.31. The van der Waals surface area contributed by atoms with Crippen molar-refractivity contribution >= 4 is 5.91 Å². The standard InChI is InChI=1S/C16H31N3O2/c1-12(2)18-16(15(17)20)8-4-6-13(10-16)19-9-5-7-14(11-19)21-3/h12-14,18H,4-11H2,1-3H3,(H2,17,20). The molecule has 5 heteroatoms. The number of primary amides is 1. The predicted octanol–water partition coefficient (Wildman–Crippen LogP) is 1.26. The molecular formula is C16H31N3O2. The highest BCUT2D eigenvalue weighted by Gasteiger charge is 2.43. The van der Waals surface area contributed by atoms with E-state index in [1.807, 2.05) is 0 Å². The average Bonchev–Trinajstić information content (AvgIpc) is 2.46. The molecule has 0 aromatic carbocycles. The van der Waals surface area contributed by atoms with Gasteiger partial charge in [0.1, 0.15) is 0 Å². The van der Waals surface area contributed by atoms with Crippen LogP contribution in [0.1, 0.15) is 52.4 Å². The van der Waals surface area contributed by atoms with Gasteiger partial charge in [0.05, 0.1) is 11.6 Å². The number of piperidine rings is 1. The van der Waals surface area contributed by atoms with Gasteiger partial charge in [0.15, 0.2) is 0 Å². The van der Waals surface area contributed by atoms with E-state index in [1.54, 1.807) is 7.11 Å². The Balaban J connectivity index is 2.06. The Labute approximate surface area is 128 Å². The van der Waals surface area contributed by atoms with Crippen LogP contribution in [0, 0.1) is 0 Å². The van der Waals surface area contributed by atoms with Crippen molar-refractivity contribution in [1.29, 1.82) is 0 Å². The van der Waals surface area contributed by atoms with E-state index < -0.39 is 5.54 Å². The number of amides is 1. The molecule has 1 aliphatic carbocycles. The van der Waals surface area contributed by atoms with Gasteiger partial charge in [-0.2, -0.15) is 0 Å². The van der Waals surface area contributed by atoms with Gasteiger partial charge in [-0.25, -0.2) is 0 Å². The lowest BCUT2D eigenvalue weighted by Crippen LogP contribution is -2.63. The van der Waals surface area contributed by atoms with Gasteiger partial charge in [-0.05, 0) is 58.9 Å². The molecule has 0 bridgehead atoms. The Bertz CT molecular complexity index is 361. The summed E-state index contributed by atoms with van der Waals surface area (Å²) in [5.41, 5.74) is 5.22. The molecule has 3 unspecified atom stereocenters. The average molecular weight is 297 g/mol. The summed E-state index contributed by atoms with van der Waals surface area (Å²) < 4.78 is 5.53. The molecule has 3 atom stereocenters. The number of likely N-dealkylation sites (tertiary alicyclic amines) is 1. The number of carbonyl (C=O) groups excluding carboxylic acids is 1. The van der Waals surface area contributed by atoms with Gasteiger partial charge in [0, 0.05) is 25.7 Å². The maximum atomic E-state index is 12.1. The number of hydrogen-bond donors (Lipinski definition) is 2. The van der Waals surface area contributed by atoms with Crippen LogP contribution in [0.15, 0.2) is 0 Å². The second-order valence-electron chi connectivity index (χ2n) is 6.99. The zero-order valence-corrected chi connectivity index (χ0v) is 13.7. The molecule has 1 aliphatic heterocycles. The minimum Gasteiger partial charge on any atom is -0.380 e. The number of nitrogens with one attached hydrogen (secondary N) is 1. The van der Waals surface area contributed by atoms with Gasteiger partial charge in [-0.15, -0.1) is 0 Å². The minimum atomic E-state index is -0.531. The lowest BCUT2D eigenvalue weighted by atomic mass is 9.77. The van der Waals surface area contributed by atoms with Crippen LogP contribution < -0.4 is 11.1 Å². The van der Waals surface area contributed by atoms with Crippen LogP contribution in [-0.2, 0) is 9.53 Å². The molecule has 21 heavy (non-hydrogen) atoms.